The minimum absolute atomic E-state index is 0.114. The monoisotopic (exact) mass is 397 g/mol. The van der Waals surface area contributed by atoms with Crippen LogP contribution in [0.25, 0.3) is 22.3 Å². The lowest BCUT2D eigenvalue weighted by Crippen LogP contribution is -2.31. The van der Waals surface area contributed by atoms with Crippen molar-refractivity contribution in [2.75, 3.05) is 23.7 Å². The molecule has 1 saturated heterocycles. The molecule has 0 atom stereocenters. The summed E-state index contributed by atoms with van der Waals surface area (Å²) in [7, 11) is 0. The van der Waals surface area contributed by atoms with E-state index in [0.29, 0.717) is 28.1 Å². The number of hydrogen-bond acceptors (Lipinski definition) is 5. The maximum Gasteiger partial charge on any atom is 0.149 e. The van der Waals surface area contributed by atoms with E-state index in [4.69, 9.17) is 5.73 Å². The van der Waals surface area contributed by atoms with Gasteiger partial charge in [0.1, 0.15) is 40.7 Å². The maximum atomic E-state index is 13.7. The molecule has 1 fully saturated rings. The average molecular weight is 397 g/mol. The van der Waals surface area contributed by atoms with Crippen molar-refractivity contribution in [1.29, 1.82) is 10.5 Å². The van der Waals surface area contributed by atoms with Crippen LogP contribution in [-0.4, -0.2) is 18.1 Å². The standard InChI is InChI=1S/C24H20FN5/c25-19-9-5-7-17(13-19)16-6-4-8-18(12-16)22-20(14-26)23(28)29-24(21(22)15-27)30-10-2-1-3-11-30/h4-9,12-13H,1-3,10-11H2,(H2,28,29). The highest BCUT2D eigenvalue weighted by atomic mass is 19.1. The zero-order valence-corrected chi connectivity index (χ0v) is 16.4. The van der Waals surface area contributed by atoms with Crippen LogP contribution in [0.15, 0.2) is 48.5 Å². The summed E-state index contributed by atoms with van der Waals surface area (Å²) >= 11 is 0. The fraction of sp³-hybridized carbons (Fsp3) is 0.208. The van der Waals surface area contributed by atoms with Gasteiger partial charge in [-0.15, -0.1) is 0 Å². The van der Waals surface area contributed by atoms with E-state index in [1.807, 2.05) is 30.3 Å². The number of nitriles is 2. The molecule has 0 radical (unpaired) electrons. The molecular weight excluding hydrogens is 377 g/mol. The Balaban J connectivity index is 1.92. The Morgan fingerprint density at radius 1 is 0.867 bits per heavy atom. The number of rotatable bonds is 3. The number of piperidine rings is 1. The van der Waals surface area contributed by atoms with Gasteiger partial charge in [0.25, 0.3) is 0 Å². The van der Waals surface area contributed by atoms with E-state index in [-0.39, 0.29) is 17.2 Å². The van der Waals surface area contributed by atoms with Crippen LogP contribution in [0.1, 0.15) is 30.4 Å². The lowest BCUT2D eigenvalue weighted by Gasteiger charge is -2.29. The zero-order valence-electron chi connectivity index (χ0n) is 16.4. The Labute approximate surface area is 174 Å². The van der Waals surface area contributed by atoms with Crippen LogP contribution in [-0.2, 0) is 0 Å². The van der Waals surface area contributed by atoms with Crippen molar-refractivity contribution in [3.63, 3.8) is 0 Å². The van der Waals surface area contributed by atoms with Gasteiger partial charge < -0.3 is 10.6 Å². The van der Waals surface area contributed by atoms with Crippen LogP contribution >= 0.6 is 0 Å². The number of aromatic nitrogens is 1. The van der Waals surface area contributed by atoms with Crippen molar-refractivity contribution < 1.29 is 4.39 Å². The van der Waals surface area contributed by atoms with Crippen molar-refractivity contribution in [2.24, 2.45) is 0 Å². The first kappa shape index (κ1) is 19.4. The molecule has 0 saturated carbocycles. The number of nitrogens with zero attached hydrogens (tertiary/aromatic N) is 4. The van der Waals surface area contributed by atoms with Crippen molar-refractivity contribution in [3.8, 4) is 34.4 Å². The summed E-state index contributed by atoms with van der Waals surface area (Å²) in [5.74, 6) is 0.317. The predicted octanol–water partition coefficient (Wildman–Crippen LogP) is 4.87. The molecule has 0 aliphatic carbocycles. The second kappa shape index (κ2) is 8.23. The van der Waals surface area contributed by atoms with Crippen LogP contribution in [0, 0.1) is 28.5 Å². The highest BCUT2D eigenvalue weighted by molar-refractivity contribution is 5.87. The summed E-state index contributed by atoms with van der Waals surface area (Å²) in [6.45, 7) is 1.60. The van der Waals surface area contributed by atoms with E-state index in [9.17, 15) is 14.9 Å². The topological polar surface area (TPSA) is 89.7 Å². The van der Waals surface area contributed by atoms with E-state index in [1.165, 1.54) is 12.1 Å². The maximum absolute atomic E-state index is 13.7. The van der Waals surface area contributed by atoms with Crippen molar-refractivity contribution in [1.82, 2.24) is 4.98 Å². The third kappa shape index (κ3) is 3.56. The molecule has 2 N–H and O–H groups in total. The van der Waals surface area contributed by atoms with E-state index in [1.54, 1.807) is 6.07 Å². The number of hydrogen-bond donors (Lipinski definition) is 1. The van der Waals surface area contributed by atoms with Crippen LogP contribution < -0.4 is 10.6 Å². The fourth-order valence-electron chi connectivity index (χ4n) is 3.96. The van der Waals surface area contributed by atoms with Gasteiger partial charge >= 0.3 is 0 Å². The van der Waals surface area contributed by atoms with E-state index in [2.05, 4.69) is 22.0 Å². The van der Waals surface area contributed by atoms with Gasteiger partial charge in [-0.25, -0.2) is 9.37 Å². The zero-order chi connectivity index (χ0) is 21.1. The second-order valence-electron chi connectivity index (χ2n) is 7.31. The predicted molar refractivity (Wildman–Crippen MR) is 115 cm³/mol. The summed E-state index contributed by atoms with van der Waals surface area (Å²) in [4.78, 5) is 6.49. The SMILES string of the molecule is N#Cc1c(N)nc(N2CCCCC2)c(C#N)c1-c1cccc(-c2cccc(F)c2)c1. The molecule has 4 rings (SSSR count). The number of nitrogens with two attached hydrogens (primary N) is 1. The average Bonchev–Trinajstić information content (AvgIpc) is 2.79. The molecule has 0 unspecified atom stereocenters. The first-order valence-corrected chi connectivity index (χ1v) is 9.87. The first-order chi connectivity index (χ1) is 14.6. The molecule has 1 aromatic heterocycles. The Morgan fingerprint density at radius 3 is 2.17 bits per heavy atom. The lowest BCUT2D eigenvalue weighted by molar-refractivity contribution is 0.573. The summed E-state index contributed by atoms with van der Waals surface area (Å²) in [5, 5.41) is 19.8. The molecular formula is C24H20FN5. The molecule has 2 aromatic carbocycles. The Bertz CT molecular complexity index is 1180. The van der Waals surface area contributed by atoms with Crippen molar-refractivity contribution in [3.05, 3.63) is 65.5 Å². The highest BCUT2D eigenvalue weighted by Crippen LogP contribution is 2.37. The van der Waals surface area contributed by atoms with E-state index in [0.717, 1.165) is 37.9 Å². The molecule has 0 spiro atoms. The quantitative estimate of drug-likeness (QED) is 0.681. The molecule has 1 aliphatic rings. The van der Waals surface area contributed by atoms with Gasteiger partial charge in [-0.2, -0.15) is 10.5 Å². The molecule has 3 aromatic rings. The van der Waals surface area contributed by atoms with E-state index < -0.39 is 0 Å². The third-order valence-corrected chi connectivity index (χ3v) is 5.39. The fourth-order valence-corrected chi connectivity index (χ4v) is 3.96. The van der Waals surface area contributed by atoms with Gasteiger partial charge in [-0.05, 0) is 54.2 Å². The Kier molecular flexibility index (Phi) is 5.32. The number of halogens is 1. The molecule has 0 bridgehead atoms. The molecule has 0 amide bonds. The van der Waals surface area contributed by atoms with Gasteiger partial charge in [0, 0.05) is 18.7 Å². The van der Waals surface area contributed by atoms with Gasteiger partial charge in [-0.1, -0.05) is 30.3 Å². The minimum atomic E-state index is -0.325. The van der Waals surface area contributed by atoms with Crippen LogP contribution in [0.2, 0.25) is 0 Å². The molecule has 6 heteroatoms. The number of nitrogen functional groups attached to an aromatic ring is 1. The summed E-state index contributed by atoms with van der Waals surface area (Å²) < 4.78 is 13.7. The largest absolute Gasteiger partial charge is 0.383 e. The Morgan fingerprint density at radius 2 is 1.50 bits per heavy atom. The van der Waals surface area contributed by atoms with Crippen LogP contribution in [0.5, 0.6) is 0 Å². The van der Waals surface area contributed by atoms with Crippen LogP contribution in [0.3, 0.4) is 0 Å². The van der Waals surface area contributed by atoms with Gasteiger partial charge in [0.15, 0.2) is 0 Å². The smallest absolute Gasteiger partial charge is 0.149 e. The normalized spacial score (nSPS) is 13.5. The second-order valence-corrected chi connectivity index (χ2v) is 7.31. The molecule has 148 valence electrons. The molecule has 5 nitrogen and oxygen atoms in total. The summed E-state index contributed by atoms with van der Waals surface area (Å²) in [6.07, 6.45) is 3.19. The molecule has 2 heterocycles. The van der Waals surface area contributed by atoms with E-state index >= 15 is 0 Å². The first-order valence-electron chi connectivity index (χ1n) is 9.87. The lowest BCUT2D eigenvalue weighted by atomic mass is 9.93. The molecule has 1 aliphatic heterocycles. The molecule has 30 heavy (non-hydrogen) atoms. The summed E-state index contributed by atoms with van der Waals surface area (Å²) in [5.41, 5.74) is 9.34. The van der Waals surface area contributed by atoms with Gasteiger partial charge in [0.05, 0.1) is 0 Å². The Hall–Kier alpha value is -3.90. The number of pyridine rings is 1. The number of anilines is 2. The highest BCUT2D eigenvalue weighted by Gasteiger charge is 2.24. The number of benzene rings is 2. The van der Waals surface area contributed by atoms with Crippen LogP contribution in [0.4, 0.5) is 16.0 Å². The minimum Gasteiger partial charge on any atom is -0.383 e. The van der Waals surface area contributed by atoms with Crippen molar-refractivity contribution in [2.45, 2.75) is 19.3 Å². The van der Waals surface area contributed by atoms with Crippen molar-refractivity contribution >= 4 is 11.6 Å². The van der Waals surface area contributed by atoms with Gasteiger partial charge in [-0.3, -0.25) is 0 Å². The van der Waals surface area contributed by atoms with Gasteiger partial charge in [0.2, 0.25) is 0 Å². The third-order valence-electron chi connectivity index (χ3n) is 5.39. The summed E-state index contributed by atoms with van der Waals surface area (Å²) in [6, 6.07) is 18.1.